The van der Waals surface area contributed by atoms with Gasteiger partial charge in [0.05, 0.1) is 6.61 Å². The maximum Gasteiger partial charge on any atom is 0.130 e. The first-order valence-corrected chi connectivity index (χ1v) is 13.7. The molecule has 1 aliphatic rings. The van der Waals surface area contributed by atoms with Gasteiger partial charge in [0, 0.05) is 5.56 Å². The highest BCUT2D eigenvalue weighted by Gasteiger charge is 2.25. The van der Waals surface area contributed by atoms with Crippen molar-refractivity contribution in [3.05, 3.63) is 52.6 Å². The van der Waals surface area contributed by atoms with Crippen molar-refractivity contribution >= 4 is 0 Å². The molecule has 2 nitrogen and oxygen atoms in total. The largest absolute Gasteiger partial charge is 0.490 e. The Morgan fingerprint density at radius 2 is 1.21 bits per heavy atom. The normalized spacial score (nSPS) is 15.1. The average Bonchev–Trinajstić information content (AvgIpc) is 3.66. The summed E-state index contributed by atoms with van der Waals surface area (Å²) in [5, 5.41) is 0. The Hall–Kier alpha value is -1.80. The zero-order valence-corrected chi connectivity index (χ0v) is 21.7. The predicted molar refractivity (Wildman–Crippen MR) is 142 cm³/mol. The fourth-order valence-corrected chi connectivity index (χ4v) is 4.53. The van der Waals surface area contributed by atoms with Gasteiger partial charge in [0.2, 0.25) is 0 Å². The number of hydrogen-bond donors (Lipinski definition) is 0. The van der Waals surface area contributed by atoms with Crippen LogP contribution in [0.2, 0.25) is 0 Å². The van der Waals surface area contributed by atoms with Gasteiger partial charge in [-0.15, -0.1) is 0 Å². The Labute approximate surface area is 203 Å². The molecule has 2 aromatic rings. The van der Waals surface area contributed by atoms with E-state index in [1.807, 2.05) is 0 Å². The summed E-state index contributed by atoms with van der Waals surface area (Å²) in [4.78, 5) is 0. The van der Waals surface area contributed by atoms with Gasteiger partial charge in [0.1, 0.15) is 18.5 Å². The van der Waals surface area contributed by atoms with Gasteiger partial charge in [-0.2, -0.15) is 0 Å². The molecule has 0 aromatic heterocycles. The third-order valence-corrected chi connectivity index (χ3v) is 6.66. The smallest absolute Gasteiger partial charge is 0.130 e. The van der Waals surface area contributed by atoms with Gasteiger partial charge in [0.25, 0.3) is 0 Å². The molecule has 1 saturated heterocycles. The Balaban J connectivity index is 2.07. The van der Waals surface area contributed by atoms with E-state index < -0.39 is 0 Å². The summed E-state index contributed by atoms with van der Waals surface area (Å²) in [6.07, 6.45) is 14.7. The van der Waals surface area contributed by atoms with Crippen molar-refractivity contribution in [1.82, 2.24) is 0 Å². The SMILES string of the molecule is CCCCc1cc(CCCC)cc(-c2cc(CCCC)cc(CCCC)c2OCC2CO2)c1. The van der Waals surface area contributed by atoms with Crippen LogP contribution in [0.3, 0.4) is 0 Å². The third-order valence-electron chi connectivity index (χ3n) is 6.66. The zero-order chi connectivity index (χ0) is 23.5. The molecule has 0 amide bonds. The van der Waals surface area contributed by atoms with Crippen molar-refractivity contribution in [2.24, 2.45) is 0 Å². The molecule has 33 heavy (non-hydrogen) atoms. The molecule has 2 heteroatoms. The van der Waals surface area contributed by atoms with Crippen molar-refractivity contribution in [3.8, 4) is 16.9 Å². The molecule has 2 aromatic carbocycles. The maximum atomic E-state index is 6.52. The Morgan fingerprint density at radius 3 is 1.73 bits per heavy atom. The van der Waals surface area contributed by atoms with E-state index in [0.717, 1.165) is 38.0 Å². The van der Waals surface area contributed by atoms with E-state index in [2.05, 4.69) is 58.0 Å². The van der Waals surface area contributed by atoms with Crippen LogP contribution in [-0.4, -0.2) is 19.3 Å². The summed E-state index contributed by atoms with van der Waals surface area (Å²) in [7, 11) is 0. The quantitative estimate of drug-likeness (QED) is 0.239. The molecular formula is C31H46O2. The van der Waals surface area contributed by atoms with Gasteiger partial charge in [-0.05, 0) is 85.3 Å². The lowest BCUT2D eigenvalue weighted by molar-refractivity contribution is 0.262. The van der Waals surface area contributed by atoms with E-state index in [1.54, 1.807) is 0 Å². The zero-order valence-electron chi connectivity index (χ0n) is 21.7. The average molecular weight is 451 g/mol. The Bertz CT molecular complexity index is 824. The fourth-order valence-electron chi connectivity index (χ4n) is 4.53. The van der Waals surface area contributed by atoms with E-state index in [-0.39, 0.29) is 6.10 Å². The molecule has 0 N–H and O–H groups in total. The maximum absolute atomic E-state index is 6.52. The number of epoxide rings is 1. The van der Waals surface area contributed by atoms with Gasteiger partial charge in [0.15, 0.2) is 0 Å². The molecule has 0 bridgehead atoms. The molecule has 0 spiro atoms. The van der Waals surface area contributed by atoms with E-state index in [4.69, 9.17) is 9.47 Å². The highest BCUT2D eigenvalue weighted by molar-refractivity contribution is 5.74. The second-order valence-corrected chi connectivity index (χ2v) is 9.85. The first-order valence-electron chi connectivity index (χ1n) is 13.7. The lowest BCUT2D eigenvalue weighted by atomic mass is 9.90. The molecule has 0 radical (unpaired) electrons. The van der Waals surface area contributed by atoms with Gasteiger partial charge in [-0.1, -0.05) is 77.6 Å². The number of rotatable bonds is 16. The van der Waals surface area contributed by atoms with Crippen molar-refractivity contribution < 1.29 is 9.47 Å². The van der Waals surface area contributed by atoms with Gasteiger partial charge < -0.3 is 9.47 Å². The summed E-state index contributed by atoms with van der Waals surface area (Å²) in [5.41, 5.74) is 8.44. The first-order chi connectivity index (χ1) is 16.2. The lowest BCUT2D eigenvalue weighted by Crippen LogP contribution is -2.08. The monoisotopic (exact) mass is 450 g/mol. The van der Waals surface area contributed by atoms with E-state index in [9.17, 15) is 0 Å². The number of hydrogen-bond acceptors (Lipinski definition) is 2. The second kappa shape index (κ2) is 13.8. The lowest BCUT2D eigenvalue weighted by Gasteiger charge is -2.19. The summed E-state index contributed by atoms with van der Waals surface area (Å²) in [5.74, 6) is 1.10. The minimum absolute atomic E-state index is 0.271. The molecule has 1 heterocycles. The van der Waals surface area contributed by atoms with Crippen LogP contribution in [0.25, 0.3) is 11.1 Å². The third kappa shape index (κ3) is 8.18. The van der Waals surface area contributed by atoms with Gasteiger partial charge in [-0.25, -0.2) is 0 Å². The van der Waals surface area contributed by atoms with Crippen molar-refractivity contribution in [3.63, 3.8) is 0 Å². The van der Waals surface area contributed by atoms with Crippen LogP contribution < -0.4 is 4.74 Å². The number of ether oxygens (including phenoxy) is 2. The van der Waals surface area contributed by atoms with E-state index in [1.165, 1.54) is 84.7 Å². The van der Waals surface area contributed by atoms with Crippen molar-refractivity contribution in [1.29, 1.82) is 0 Å². The van der Waals surface area contributed by atoms with Crippen LogP contribution in [0.5, 0.6) is 5.75 Å². The molecule has 182 valence electrons. The van der Waals surface area contributed by atoms with Crippen molar-refractivity contribution in [2.75, 3.05) is 13.2 Å². The summed E-state index contributed by atoms with van der Waals surface area (Å²) in [6, 6.07) is 12.2. The van der Waals surface area contributed by atoms with Crippen LogP contribution in [0.4, 0.5) is 0 Å². The standard InChI is InChI=1S/C31H46O2/c1-5-9-13-24-17-25(14-10-6-2)20-28(19-24)30-21-26(15-11-7-3)18-27(16-12-8-4)31(30)33-23-29-22-32-29/h17-21,29H,5-16,22-23H2,1-4H3. The first kappa shape index (κ1) is 25.8. The predicted octanol–water partition coefficient (Wildman–Crippen LogP) is 8.50. The summed E-state index contributed by atoms with van der Waals surface area (Å²) < 4.78 is 12.0. The molecule has 1 aliphatic heterocycles. The number of aryl methyl sites for hydroxylation is 4. The molecule has 0 saturated carbocycles. The molecule has 1 atom stereocenters. The highest BCUT2D eigenvalue weighted by atomic mass is 16.6. The highest BCUT2D eigenvalue weighted by Crippen LogP contribution is 2.38. The summed E-state index contributed by atoms with van der Waals surface area (Å²) in [6.45, 7) is 10.6. The van der Waals surface area contributed by atoms with E-state index >= 15 is 0 Å². The fraction of sp³-hybridized carbons (Fsp3) is 0.613. The Kier molecular flexibility index (Phi) is 10.8. The number of benzene rings is 2. The molecule has 3 rings (SSSR count). The van der Waals surface area contributed by atoms with Crippen molar-refractivity contribution in [2.45, 2.75) is 111 Å². The van der Waals surface area contributed by atoms with Gasteiger partial charge in [-0.3, -0.25) is 0 Å². The molecule has 1 unspecified atom stereocenters. The second-order valence-electron chi connectivity index (χ2n) is 9.85. The minimum Gasteiger partial charge on any atom is -0.490 e. The van der Waals surface area contributed by atoms with Crippen LogP contribution in [0, 0.1) is 0 Å². The van der Waals surface area contributed by atoms with Crippen LogP contribution in [-0.2, 0) is 30.4 Å². The van der Waals surface area contributed by atoms with Gasteiger partial charge >= 0.3 is 0 Å². The molecule has 1 fully saturated rings. The number of unbranched alkanes of at least 4 members (excludes halogenated alkanes) is 4. The molecule has 0 aliphatic carbocycles. The summed E-state index contributed by atoms with van der Waals surface area (Å²) >= 11 is 0. The van der Waals surface area contributed by atoms with E-state index in [0.29, 0.717) is 6.61 Å². The molecular weight excluding hydrogens is 404 g/mol. The van der Waals surface area contributed by atoms with Crippen LogP contribution >= 0.6 is 0 Å². The topological polar surface area (TPSA) is 21.8 Å². The minimum atomic E-state index is 0.271. The van der Waals surface area contributed by atoms with Crippen LogP contribution in [0.15, 0.2) is 30.3 Å². The Morgan fingerprint density at radius 1 is 0.697 bits per heavy atom. The van der Waals surface area contributed by atoms with Crippen LogP contribution in [0.1, 0.15) is 101 Å².